The minimum atomic E-state index is -0.148. The minimum Gasteiger partial charge on any atom is -0.486 e. The van der Waals surface area contributed by atoms with Crippen molar-refractivity contribution in [1.82, 2.24) is 14.8 Å². The molecule has 28 heavy (non-hydrogen) atoms. The number of amides is 1. The Morgan fingerprint density at radius 2 is 2.04 bits per heavy atom. The highest BCUT2D eigenvalue weighted by Crippen LogP contribution is 2.38. The van der Waals surface area contributed by atoms with Gasteiger partial charge in [-0.3, -0.25) is 14.7 Å². The van der Waals surface area contributed by atoms with Gasteiger partial charge >= 0.3 is 0 Å². The van der Waals surface area contributed by atoms with Crippen molar-refractivity contribution in [2.24, 2.45) is 0 Å². The number of hydrogen-bond acceptors (Lipinski definition) is 4. The van der Waals surface area contributed by atoms with E-state index in [0.717, 1.165) is 50.1 Å². The fourth-order valence-corrected chi connectivity index (χ4v) is 4.62. The van der Waals surface area contributed by atoms with Gasteiger partial charge in [-0.15, -0.1) is 0 Å². The van der Waals surface area contributed by atoms with Gasteiger partial charge in [0.1, 0.15) is 11.4 Å². The summed E-state index contributed by atoms with van der Waals surface area (Å²) in [6, 6.07) is 12.5. The average Bonchev–Trinajstić information content (AvgIpc) is 2.83. The summed E-state index contributed by atoms with van der Waals surface area (Å²) in [5, 5.41) is 0. The largest absolute Gasteiger partial charge is 0.486 e. The first kappa shape index (κ1) is 18.9. The fraction of sp³-hybridized carbons (Fsp3) is 0.478. The first-order chi connectivity index (χ1) is 13.5. The van der Waals surface area contributed by atoms with Crippen LogP contribution in [0.3, 0.4) is 0 Å². The maximum atomic E-state index is 12.7. The lowest BCUT2D eigenvalue weighted by Crippen LogP contribution is -2.51. The highest BCUT2D eigenvalue weighted by Gasteiger charge is 2.41. The van der Waals surface area contributed by atoms with Crippen LogP contribution in [0.2, 0.25) is 0 Å². The Bertz CT molecular complexity index is 816. The van der Waals surface area contributed by atoms with E-state index in [0.29, 0.717) is 6.42 Å². The SMILES string of the molecule is CN1Cc2ccccc2OC2(CCC(N(C)C(=O)Cc3cccnc3)CC2)C1. The monoisotopic (exact) mass is 379 g/mol. The maximum absolute atomic E-state index is 12.7. The number of ether oxygens (including phenoxy) is 1. The predicted molar refractivity (Wildman–Crippen MR) is 109 cm³/mol. The number of hydrogen-bond donors (Lipinski definition) is 0. The van der Waals surface area contributed by atoms with E-state index in [9.17, 15) is 4.79 Å². The summed E-state index contributed by atoms with van der Waals surface area (Å²) >= 11 is 0. The summed E-state index contributed by atoms with van der Waals surface area (Å²) in [6.07, 6.45) is 7.82. The molecule has 0 radical (unpaired) electrons. The Kier molecular flexibility index (Phi) is 5.36. The van der Waals surface area contributed by atoms with Gasteiger partial charge in [-0.05, 0) is 50.4 Å². The second kappa shape index (κ2) is 7.92. The molecule has 1 aromatic carbocycles. The molecule has 0 saturated heterocycles. The molecule has 0 atom stereocenters. The van der Waals surface area contributed by atoms with Crippen LogP contribution in [0.5, 0.6) is 5.75 Å². The molecule has 1 saturated carbocycles. The van der Waals surface area contributed by atoms with Crippen molar-refractivity contribution in [3.05, 3.63) is 59.9 Å². The summed E-state index contributed by atoms with van der Waals surface area (Å²) in [7, 11) is 4.11. The Balaban J connectivity index is 1.40. The van der Waals surface area contributed by atoms with Crippen LogP contribution in [0.1, 0.15) is 36.8 Å². The van der Waals surface area contributed by atoms with Crippen molar-refractivity contribution < 1.29 is 9.53 Å². The topological polar surface area (TPSA) is 45.7 Å². The molecule has 1 aliphatic heterocycles. The Hall–Kier alpha value is -2.40. The molecule has 0 bridgehead atoms. The van der Waals surface area contributed by atoms with Crippen LogP contribution in [-0.4, -0.2) is 53.0 Å². The number of pyridine rings is 1. The normalized spacial score (nSPS) is 24.9. The van der Waals surface area contributed by atoms with E-state index >= 15 is 0 Å². The van der Waals surface area contributed by atoms with E-state index < -0.39 is 0 Å². The highest BCUT2D eigenvalue weighted by molar-refractivity contribution is 5.78. The van der Waals surface area contributed by atoms with E-state index in [1.54, 1.807) is 12.4 Å². The van der Waals surface area contributed by atoms with Crippen molar-refractivity contribution in [2.75, 3.05) is 20.6 Å². The maximum Gasteiger partial charge on any atom is 0.227 e. The second-order valence-electron chi connectivity index (χ2n) is 8.34. The van der Waals surface area contributed by atoms with Gasteiger partial charge in [-0.25, -0.2) is 0 Å². The minimum absolute atomic E-state index is 0.148. The van der Waals surface area contributed by atoms with Crippen LogP contribution >= 0.6 is 0 Å². The van der Waals surface area contributed by atoms with E-state index in [2.05, 4.69) is 35.1 Å². The van der Waals surface area contributed by atoms with Crippen molar-refractivity contribution in [3.63, 3.8) is 0 Å². The number of aromatic nitrogens is 1. The van der Waals surface area contributed by atoms with Crippen molar-refractivity contribution in [1.29, 1.82) is 0 Å². The standard InChI is InChI=1S/C23H29N3O2/c1-25-16-19-7-3-4-8-21(19)28-23(17-25)11-9-20(10-12-23)26(2)22(27)14-18-6-5-13-24-15-18/h3-8,13,15,20H,9-12,14,16-17H2,1-2H3. The van der Waals surface area contributed by atoms with Crippen LogP contribution in [-0.2, 0) is 17.8 Å². The van der Waals surface area contributed by atoms with Crippen molar-refractivity contribution in [2.45, 2.75) is 50.3 Å². The predicted octanol–water partition coefficient (Wildman–Crippen LogP) is 3.29. The molecule has 0 unspecified atom stereocenters. The zero-order valence-corrected chi connectivity index (χ0v) is 16.8. The lowest BCUT2D eigenvalue weighted by molar-refractivity contribution is -0.133. The smallest absolute Gasteiger partial charge is 0.227 e. The molecule has 1 aliphatic carbocycles. The molecule has 0 N–H and O–H groups in total. The quantitative estimate of drug-likeness (QED) is 0.821. The van der Waals surface area contributed by atoms with Crippen LogP contribution < -0.4 is 4.74 Å². The lowest BCUT2D eigenvalue weighted by Gasteiger charge is -2.43. The van der Waals surface area contributed by atoms with E-state index in [-0.39, 0.29) is 17.6 Å². The molecular weight excluding hydrogens is 350 g/mol. The van der Waals surface area contributed by atoms with E-state index in [1.807, 2.05) is 30.1 Å². The van der Waals surface area contributed by atoms with Crippen LogP contribution in [0.15, 0.2) is 48.8 Å². The zero-order valence-electron chi connectivity index (χ0n) is 16.8. The number of fused-ring (bicyclic) bond motifs is 1. The fourth-order valence-electron chi connectivity index (χ4n) is 4.62. The molecule has 2 aromatic rings. The Morgan fingerprint density at radius 1 is 1.25 bits per heavy atom. The highest BCUT2D eigenvalue weighted by atomic mass is 16.5. The van der Waals surface area contributed by atoms with Gasteiger partial charge in [0.25, 0.3) is 0 Å². The molecule has 1 spiro atoms. The summed E-state index contributed by atoms with van der Waals surface area (Å²) < 4.78 is 6.59. The molecule has 2 aliphatic rings. The van der Waals surface area contributed by atoms with Gasteiger partial charge in [-0.1, -0.05) is 24.3 Å². The summed E-state index contributed by atoms with van der Waals surface area (Å²) in [6.45, 7) is 1.85. The van der Waals surface area contributed by atoms with Gasteiger partial charge < -0.3 is 9.64 Å². The zero-order chi connectivity index (χ0) is 19.6. The first-order valence-electron chi connectivity index (χ1n) is 10.1. The molecule has 1 fully saturated rings. The second-order valence-corrected chi connectivity index (χ2v) is 8.34. The molecule has 148 valence electrons. The molecule has 1 amide bonds. The van der Waals surface area contributed by atoms with Crippen LogP contribution in [0.4, 0.5) is 0 Å². The third-order valence-electron chi connectivity index (χ3n) is 6.18. The summed E-state index contributed by atoms with van der Waals surface area (Å²) in [4.78, 5) is 21.1. The van der Waals surface area contributed by atoms with Gasteiger partial charge in [0.2, 0.25) is 5.91 Å². The van der Waals surface area contributed by atoms with Gasteiger partial charge in [0.15, 0.2) is 0 Å². The molecule has 1 aromatic heterocycles. The van der Waals surface area contributed by atoms with Gasteiger partial charge in [0.05, 0.1) is 6.42 Å². The van der Waals surface area contributed by atoms with Crippen molar-refractivity contribution in [3.8, 4) is 5.75 Å². The van der Waals surface area contributed by atoms with E-state index in [4.69, 9.17) is 4.74 Å². The van der Waals surface area contributed by atoms with Crippen molar-refractivity contribution >= 4 is 5.91 Å². The third kappa shape index (κ3) is 4.04. The summed E-state index contributed by atoms with van der Waals surface area (Å²) in [5.74, 6) is 1.18. The van der Waals surface area contributed by atoms with Crippen LogP contribution in [0.25, 0.3) is 0 Å². The molecule has 4 rings (SSSR count). The Morgan fingerprint density at radius 3 is 2.79 bits per heavy atom. The number of para-hydroxylation sites is 1. The summed E-state index contributed by atoms with van der Waals surface area (Å²) in [5.41, 5.74) is 2.08. The van der Waals surface area contributed by atoms with Gasteiger partial charge in [0, 0.05) is 44.1 Å². The Labute approximate surface area is 167 Å². The molecule has 5 heteroatoms. The number of rotatable bonds is 3. The van der Waals surface area contributed by atoms with Gasteiger partial charge in [-0.2, -0.15) is 0 Å². The average molecular weight is 380 g/mol. The molecule has 5 nitrogen and oxygen atoms in total. The number of nitrogens with zero attached hydrogens (tertiary/aromatic N) is 3. The number of benzene rings is 1. The third-order valence-corrected chi connectivity index (χ3v) is 6.18. The lowest BCUT2D eigenvalue weighted by atomic mass is 9.81. The molecular formula is C23H29N3O2. The molecule has 2 heterocycles. The first-order valence-corrected chi connectivity index (χ1v) is 10.1. The van der Waals surface area contributed by atoms with E-state index in [1.165, 1.54) is 5.56 Å². The van der Waals surface area contributed by atoms with Crippen LogP contribution in [0, 0.1) is 0 Å². The number of carbonyl (C=O) groups is 1. The number of likely N-dealkylation sites (N-methyl/N-ethyl adjacent to an activating group) is 2. The number of carbonyl (C=O) groups excluding carboxylic acids is 1.